The molecular weight excluding hydrogens is 387 g/mol. The van der Waals surface area contributed by atoms with Gasteiger partial charge in [0.05, 0.1) is 0 Å². The first-order valence-corrected chi connectivity index (χ1v) is 12.3. The van der Waals surface area contributed by atoms with E-state index in [1.54, 1.807) is 0 Å². The first kappa shape index (κ1) is 18.4. The molecule has 0 saturated heterocycles. The van der Waals surface area contributed by atoms with E-state index in [1.165, 1.54) is 42.4 Å². The molecule has 0 aliphatic heterocycles. The maximum atomic E-state index is 2.33. The van der Waals surface area contributed by atoms with Gasteiger partial charge < -0.3 is 0 Å². The van der Waals surface area contributed by atoms with E-state index in [9.17, 15) is 0 Å². The van der Waals surface area contributed by atoms with Gasteiger partial charge in [-0.15, -0.1) is 11.8 Å². The van der Waals surface area contributed by atoms with Crippen molar-refractivity contribution in [3.63, 3.8) is 0 Å². The van der Waals surface area contributed by atoms with E-state index in [2.05, 4.69) is 115 Å². The van der Waals surface area contributed by atoms with Crippen molar-refractivity contribution in [1.82, 2.24) is 0 Å². The van der Waals surface area contributed by atoms with Gasteiger partial charge >= 0.3 is 0 Å². The molecule has 29 heavy (non-hydrogen) atoms. The second-order valence-corrected chi connectivity index (χ2v) is 9.97. The van der Waals surface area contributed by atoms with Crippen molar-refractivity contribution in [2.45, 2.75) is 4.90 Å². The molecule has 0 aliphatic carbocycles. The van der Waals surface area contributed by atoms with Gasteiger partial charge in [0, 0.05) is 4.90 Å². The molecule has 0 aromatic heterocycles. The lowest BCUT2D eigenvalue weighted by Crippen LogP contribution is -2.23. The Morgan fingerprint density at radius 1 is 0.483 bits per heavy atom. The van der Waals surface area contributed by atoms with Gasteiger partial charge in [-0.25, -0.2) is 0 Å². The van der Waals surface area contributed by atoms with Crippen LogP contribution in [-0.4, -0.2) is 6.26 Å². The third kappa shape index (κ3) is 3.35. The maximum Gasteiger partial charge on any atom is 0.0153 e. The Morgan fingerprint density at radius 2 is 0.931 bits per heavy atom. The third-order valence-corrected chi connectivity index (χ3v) is 8.90. The van der Waals surface area contributed by atoms with E-state index in [4.69, 9.17) is 0 Å². The Bertz CT molecular complexity index is 1220. The monoisotopic (exact) mass is 408 g/mol. The molecule has 0 fully saturated rings. The molecule has 0 N–H and O–H groups in total. The van der Waals surface area contributed by atoms with Gasteiger partial charge in [-0.3, -0.25) is 0 Å². The van der Waals surface area contributed by atoms with Gasteiger partial charge in [-0.2, -0.15) is 0 Å². The summed E-state index contributed by atoms with van der Waals surface area (Å²) in [4.78, 5) is 1.36. The van der Waals surface area contributed by atoms with Crippen LogP contribution in [0.3, 0.4) is 0 Å². The van der Waals surface area contributed by atoms with Crippen molar-refractivity contribution in [2.75, 3.05) is 6.26 Å². The molecule has 0 bridgehead atoms. The molecule has 5 aromatic carbocycles. The fraction of sp³-hybridized carbons (Fsp3) is 0.0370. The molecular formula is C27H21PS. The molecule has 2 heteroatoms. The molecule has 0 amide bonds. The van der Waals surface area contributed by atoms with Crippen LogP contribution < -0.4 is 15.9 Å². The van der Waals surface area contributed by atoms with Crippen LogP contribution in [0.15, 0.2) is 114 Å². The van der Waals surface area contributed by atoms with E-state index >= 15 is 0 Å². The molecule has 0 saturated carbocycles. The molecule has 140 valence electrons. The van der Waals surface area contributed by atoms with E-state index in [1.807, 2.05) is 11.8 Å². The molecule has 0 atom stereocenters. The summed E-state index contributed by atoms with van der Waals surface area (Å²) >= 11 is 1.84. The van der Waals surface area contributed by atoms with Crippen LogP contribution in [-0.2, 0) is 0 Å². The lowest BCUT2D eigenvalue weighted by atomic mass is 10.1. The lowest BCUT2D eigenvalue weighted by Gasteiger charge is -2.24. The van der Waals surface area contributed by atoms with Crippen LogP contribution in [0.5, 0.6) is 0 Å². The number of hydrogen-bond acceptors (Lipinski definition) is 1. The maximum absolute atomic E-state index is 2.33. The molecule has 5 aromatic rings. The highest BCUT2D eigenvalue weighted by atomic mass is 32.2. The molecule has 0 spiro atoms. The van der Waals surface area contributed by atoms with Crippen LogP contribution >= 0.6 is 19.7 Å². The number of thioether (sulfide) groups is 1. The van der Waals surface area contributed by atoms with Gasteiger partial charge in [0.25, 0.3) is 0 Å². The molecule has 0 nitrogen and oxygen atoms in total. The first-order valence-electron chi connectivity index (χ1n) is 9.75. The second-order valence-electron chi connectivity index (χ2n) is 7.00. The van der Waals surface area contributed by atoms with Gasteiger partial charge in [-0.05, 0) is 57.7 Å². The highest BCUT2D eigenvalue weighted by Gasteiger charge is 2.22. The third-order valence-electron chi connectivity index (χ3n) is 5.34. The van der Waals surface area contributed by atoms with Crippen molar-refractivity contribution in [3.05, 3.63) is 109 Å². The van der Waals surface area contributed by atoms with Crippen LogP contribution in [0.25, 0.3) is 21.5 Å². The van der Waals surface area contributed by atoms with Gasteiger partial charge in [0.2, 0.25) is 0 Å². The Kier molecular flexibility index (Phi) is 5.10. The molecule has 0 unspecified atom stereocenters. The van der Waals surface area contributed by atoms with Crippen molar-refractivity contribution < 1.29 is 0 Å². The zero-order valence-electron chi connectivity index (χ0n) is 16.2. The quantitative estimate of drug-likeness (QED) is 0.242. The van der Waals surface area contributed by atoms with Crippen molar-refractivity contribution in [3.8, 4) is 0 Å². The first-order chi connectivity index (χ1) is 14.4. The van der Waals surface area contributed by atoms with Crippen LogP contribution in [0, 0.1) is 0 Å². The largest absolute Gasteiger partial charge is 0.129 e. The summed E-state index contributed by atoms with van der Waals surface area (Å²) < 4.78 is 0. The number of fused-ring (bicyclic) bond motifs is 2. The SMILES string of the molecule is CSc1ccccc1P(c1cccc2ccccc12)c1cccc2ccccc12. The van der Waals surface area contributed by atoms with Crippen molar-refractivity contribution in [2.24, 2.45) is 0 Å². The van der Waals surface area contributed by atoms with E-state index < -0.39 is 7.92 Å². The number of rotatable bonds is 4. The highest BCUT2D eigenvalue weighted by Crippen LogP contribution is 2.40. The van der Waals surface area contributed by atoms with Crippen molar-refractivity contribution >= 4 is 57.1 Å². The molecule has 0 radical (unpaired) electrons. The number of hydrogen-bond donors (Lipinski definition) is 0. The zero-order valence-corrected chi connectivity index (χ0v) is 18.0. The summed E-state index contributed by atoms with van der Waals surface area (Å²) in [6.07, 6.45) is 2.18. The predicted molar refractivity (Wildman–Crippen MR) is 132 cm³/mol. The zero-order chi connectivity index (χ0) is 19.6. The summed E-state index contributed by atoms with van der Waals surface area (Å²) in [5.74, 6) is 0. The van der Waals surface area contributed by atoms with Gasteiger partial charge in [0.1, 0.15) is 0 Å². The topological polar surface area (TPSA) is 0 Å². The summed E-state index contributed by atoms with van der Waals surface area (Å²) in [7, 11) is -0.693. The van der Waals surface area contributed by atoms with Crippen LogP contribution in [0.2, 0.25) is 0 Å². The Labute approximate surface area is 177 Å². The minimum absolute atomic E-state index is 0.693. The molecule has 0 aliphatic rings. The Morgan fingerprint density at radius 3 is 1.52 bits per heavy atom. The Hall–Kier alpha value is -2.60. The minimum Gasteiger partial charge on any atom is -0.129 e. The molecule has 5 rings (SSSR count). The average Bonchev–Trinajstić information content (AvgIpc) is 2.80. The molecule has 0 heterocycles. The fourth-order valence-corrected chi connectivity index (χ4v) is 7.72. The van der Waals surface area contributed by atoms with E-state index in [0.717, 1.165) is 0 Å². The van der Waals surface area contributed by atoms with Crippen molar-refractivity contribution in [1.29, 1.82) is 0 Å². The highest BCUT2D eigenvalue weighted by molar-refractivity contribution is 7.99. The summed E-state index contributed by atoms with van der Waals surface area (Å²) in [5.41, 5.74) is 0. The summed E-state index contributed by atoms with van der Waals surface area (Å²) in [6, 6.07) is 40.0. The predicted octanol–water partition coefficient (Wildman–Crippen LogP) is 6.47. The lowest BCUT2D eigenvalue weighted by molar-refractivity contribution is 1.53. The van der Waals surface area contributed by atoms with Crippen LogP contribution in [0.1, 0.15) is 0 Å². The fourth-order valence-electron chi connectivity index (χ4n) is 4.01. The van der Waals surface area contributed by atoms with Gasteiger partial charge in [-0.1, -0.05) is 103 Å². The Balaban J connectivity index is 1.88. The van der Waals surface area contributed by atoms with Gasteiger partial charge in [0.15, 0.2) is 0 Å². The van der Waals surface area contributed by atoms with E-state index in [0.29, 0.717) is 0 Å². The van der Waals surface area contributed by atoms with Crippen LogP contribution in [0.4, 0.5) is 0 Å². The average molecular weight is 409 g/mol. The number of benzene rings is 5. The smallest absolute Gasteiger partial charge is 0.0153 e. The second kappa shape index (κ2) is 8.03. The summed E-state index contributed by atoms with van der Waals surface area (Å²) in [5, 5.41) is 9.60. The van der Waals surface area contributed by atoms with E-state index in [-0.39, 0.29) is 0 Å². The normalized spacial score (nSPS) is 11.4. The standard InChI is InChI=1S/C27H21PS/c1-29-27-19-7-6-16-26(27)28(24-17-8-12-20-10-2-4-14-22(20)24)25-18-9-13-21-11-3-5-15-23(21)25/h2-19H,1H3. The minimum atomic E-state index is -0.693. The summed E-state index contributed by atoms with van der Waals surface area (Å²) in [6.45, 7) is 0.